The van der Waals surface area contributed by atoms with E-state index in [2.05, 4.69) is 33.5 Å². The van der Waals surface area contributed by atoms with Crippen LogP contribution in [0.15, 0.2) is 111 Å². The Balaban J connectivity index is 1.56. The van der Waals surface area contributed by atoms with Crippen molar-refractivity contribution in [1.29, 1.82) is 0 Å². The molecule has 0 saturated heterocycles. The van der Waals surface area contributed by atoms with Gasteiger partial charge in [-0.25, -0.2) is 13.6 Å². The predicted molar refractivity (Wildman–Crippen MR) is 128 cm³/mol. The average molecular weight is 444 g/mol. The number of para-hydroxylation sites is 1. The van der Waals surface area contributed by atoms with Gasteiger partial charge in [-0.15, -0.1) is 0 Å². The highest BCUT2D eigenvalue weighted by atomic mass is 32.2. The van der Waals surface area contributed by atoms with E-state index in [-0.39, 0.29) is 9.49 Å². The molecule has 0 aliphatic carbocycles. The highest BCUT2D eigenvalue weighted by molar-refractivity contribution is 7.89. The molecule has 1 atom stereocenters. The smallest absolute Gasteiger partial charge is 0.287 e. The lowest BCUT2D eigenvalue weighted by atomic mass is 10.0. The Labute approximate surface area is 185 Å². The largest absolute Gasteiger partial charge is 0.320 e. The summed E-state index contributed by atoms with van der Waals surface area (Å²) in [7, 11) is -3.76. The van der Waals surface area contributed by atoms with Crippen molar-refractivity contribution in [3.8, 4) is 11.1 Å². The van der Waals surface area contributed by atoms with Crippen molar-refractivity contribution >= 4 is 39.4 Å². The Kier molecular flexibility index (Phi) is 4.78. The van der Waals surface area contributed by atoms with Gasteiger partial charge in [-0.3, -0.25) is 4.99 Å². The fourth-order valence-corrected chi connectivity index (χ4v) is 4.19. The van der Waals surface area contributed by atoms with Crippen molar-refractivity contribution in [2.24, 2.45) is 20.2 Å². The number of sulfonamides is 1. The normalized spacial score (nSPS) is 19.3. The third-order valence-electron chi connectivity index (χ3n) is 5.18. The maximum atomic E-state index is 11.5. The average Bonchev–Trinajstić information content (AvgIpc) is 3.18. The van der Waals surface area contributed by atoms with Crippen LogP contribution in [0.1, 0.15) is 0 Å². The number of rotatable bonds is 4. The van der Waals surface area contributed by atoms with Gasteiger partial charge >= 0.3 is 0 Å². The predicted octanol–water partition coefficient (Wildman–Crippen LogP) is 3.66. The summed E-state index contributed by atoms with van der Waals surface area (Å²) in [4.78, 5) is 8.92. The van der Waals surface area contributed by atoms with E-state index in [4.69, 9.17) is 10.2 Å². The Morgan fingerprint density at radius 1 is 0.875 bits per heavy atom. The van der Waals surface area contributed by atoms with E-state index in [1.807, 2.05) is 42.6 Å². The van der Waals surface area contributed by atoms with Crippen LogP contribution in [0.5, 0.6) is 0 Å². The molecule has 0 spiro atoms. The molecule has 0 radical (unpaired) electrons. The first-order chi connectivity index (χ1) is 15.5. The second-order valence-electron chi connectivity index (χ2n) is 7.23. The van der Waals surface area contributed by atoms with Crippen LogP contribution in [-0.2, 0) is 10.0 Å². The molecule has 158 valence electrons. The highest BCUT2D eigenvalue weighted by Gasteiger charge is 2.44. The minimum absolute atomic E-state index is 0.0339. The van der Waals surface area contributed by atoms with Crippen LogP contribution in [0.25, 0.3) is 11.1 Å². The molecule has 0 bridgehead atoms. The minimum Gasteiger partial charge on any atom is -0.320 e. The molecule has 9 heteroatoms. The van der Waals surface area contributed by atoms with E-state index in [0.29, 0.717) is 17.5 Å². The van der Waals surface area contributed by atoms with Crippen molar-refractivity contribution in [2.75, 3.05) is 5.32 Å². The summed E-state index contributed by atoms with van der Waals surface area (Å²) in [5.41, 5.74) is 3.67. The van der Waals surface area contributed by atoms with E-state index in [0.717, 1.165) is 16.8 Å². The van der Waals surface area contributed by atoms with Crippen LogP contribution in [0.4, 0.5) is 11.4 Å². The van der Waals surface area contributed by atoms with Gasteiger partial charge < -0.3 is 5.32 Å². The second-order valence-corrected chi connectivity index (χ2v) is 8.79. The van der Waals surface area contributed by atoms with Crippen molar-refractivity contribution < 1.29 is 8.42 Å². The Morgan fingerprint density at radius 3 is 2.34 bits per heavy atom. The molecular weight excluding hydrogens is 424 g/mol. The third kappa shape index (κ3) is 3.54. The topological polar surface area (TPSA) is 109 Å². The molecule has 0 amide bonds. The lowest BCUT2D eigenvalue weighted by Gasteiger charge is -2.26. The zero-order valence-electron chi connectivity index (χ0n) is 16.8. The van der Waals surface area contributed by atoms with Gasteiger partial charge in [0.15, 0.2) is 11.9 Å². The summed E-state index contributed by atoms with van der Waals surface area (Å²) in [5.74, 6) is 1.02. The number of amidine groups is 1. The first-order valence-corrected chi connectivity index (χ1v) is 11.3. The summed E-state index contributed by atoms with van der Waals surface area (Å²) in [6.45, 7) is 0. The third-order valence-corrected chi connectivity index (χ3v) is 6.10. The van der Waals surface area contributed by atoms with Gasteiger partial charge in [0.05, 0.1) is 11.1 Å². The van der Waals surface area contributed by atoms with Gasteiger partial charge in [0.1, 0.15) is 6.21 Å². The number of primary sulfonamides is 1. The molecule has 8 nitrogen and oxygen atoms in total. The molecule has 0 fully saturated rings. The molecule has 3 aromatic carbocycles. The van der Waals surface area contributed by atoms with E-state index in [1.54, 1.807) is 24.5 Å². The summed E-state index contributed by atoms with van der Waals surface area (Å²) < 4.78 is 23.0. The number of benzene rings is 3. The molecule has 0 saturated carbocycles. The van der Waals surface area contributed by atoms with Crippen LogP contribution in [-0.4, -0.2) is 26.4 Å². The fraction of sp³-hybridized carbons (Fsp3) is 0. The fourth-order valence-electron chi connectivity index (χ4n) is 3.68. The SMILES string of the molecule is NS(=O)(=O)c1ccc(NC2=N[N+]3(c4ccccc4-c4ccccc4)C=CN=CC3=N2)cc1. The Hall–Kier alpha value is -3.92. The molecule has 3 aromatic rings. The van der Waals surface area contributed by atoms with Gasteiger partial charge in [-0.1, -0.05) is 47.1 Å². The number of fused-ring (bicyclic) bond motifs is 1. The molecule has 1 unspecified atom stereocenters. The summed E-state index contributed by atoms with van der Waals surface area (Å²) in [6.07, 6.45) is 5.26. The number of nitrogens with two attached hydrogens (primary N) is 1. The molecule has 0 aromatic heterocycles. The van der Waals surface area contributed by atoms with Crippen molar-refractivity contribution in [2.45, 2.75) is 4.90 Å². The number of nitrogens with zero attached hydrogens (tertiary/aromatic N) is 4. The highest BCUT2D eigenvalue weighted by Crippen LogP contribution is 2.39. The number of quaternary nitrogens is 1. The first kappa shape index (κ1) is 20.0. The molecular formula is C23H19N6O2S+. The maximum absolute atomic E-state index is 11.5. The number of nitrogens with one attached hydrogen (secondary N) is 1. The van der Waals surface area contributed by atoms with E-state index in [9.17, 15) is 8.42 Å². The number of hydrogen-bond acceptors (Lipinski definition) is 6. The van der Waals surface area contributed by atoms with Crippen LogP contribution in [0.3, 0.4) is 0 Å². The van der Waals surface area contributed by atoms with Gasteiger partial charge in [-0.2, -0.15) is 4.99 Å². The van der Waals surface area contributed by atoms with Gasteiger partial charge in [0.25, 0.3) is 11.8 Å². The van der Waals surface area contributed by atoms with E-state index in [1.165, 1.54) is 12.1 Å². The zero-order chi connectivity index (χ0) is 22.2. The molecule has 2 aliphatic heterocycles. The van der Waals surface area contributed by atoms with E-state index >= 15 is 0 Å². The van der Waals surface area contributed by atoms with Gasteiger partial charge in [0, 0.05) is 17.3 Å². The molecule has 32 heavy (non-hydrogen) atoms. The van der Waals surface area contributed by atoms with Crippen LogP contribution in [0, 0.1) is 0 Å². The molecule has 2 aliphatic rings. The number of guanidine groups is 1. The monoisotopic (exact) mass is 443 g/mol. The van der Waals surface area contributed by atoms with Crippen LogP contribution < -0.4 is 15.0 Å². The molecule has 5 rings (SSSR count). The number of aliphatic imine (C=N–C) groups is 2. The van der Waals surface area contributed by atoms with Crippen molar-refractivity contribution in [1.82, 2.24) is 4.59 Å². The van der Waals surface area contributed by atoms with Gasteiger partial charge in [0.2, 0.25) is 10.0 Å². The lowest BCUT2D eigenvalue weighted by molar-refractivity contribution is 0.594. The summed E-state index contributed by atoms with van der Waals surface area (Å²) in [6, 6.07) is 24.2. The van der Waals surface area contributed by atoms with Crippen molar-refractivity contribution in [3.63, 3.8) is 0 Å². The number of hydrogen-bond donors (Lipinski definition) is 2. The zero-order valence-corrected chi connectivity index (χ0v) is 17.6. The summed E-state index contributed by atoms with van der Waals surface area (Å²) >= 11 is 0. The summed E-state index contributed by atoms with van der Waals surface area (Å²) in [5, 5.41) is 13.2. The quantitative estimate of drug-likeness (QED) is 0.601. The van der Waals surface area contributed by atoms with Crippen LogP contribution >= 0.6 is 0 Å². The second kappa shape index (κ2) is 7.65. The van der Waals surface area contributed by atoms with E-state index < -0.39 is 10.0 Å². The van der Waals surface area contributed by atoms with Crippen LogP contribution in [0.2, 0.25) is 0 Å². The molecule has 2 heterocycles. The lowest BCUT2D eigenvalue weighted by Crippen LogP contribution is -2.44. The standard InChI is InChI=1S/C23H19N6O2S/c24-32(30,31)19-12-10-18(11-13-19)26-23-27-22-16-25-14-15-29(22,28-23)21-9-5-4-8-20(21)17-6-2-1-3-7-17/h1-16H,(H,26,28)(H2,24,30,31)/q+1. The minimum atomic E-state index is -3.76. The van der Waals surface area contributed by atoms with Crippen molar-refractivity contribution in [3.05, 3.63) is 91.3 Å². The van der Waals surface area contributed by atoms with Gasteiger partial charge in [-0.05, 0) is 41.0 Å². The Morgan fingerprint density at radius 2 is 1.59 bits per heavy atom. The molecule has 3 N–H and O–H groups in total. The number of anilines is 1. The maximum Gasteiger partial charge on any atom is 0.287 e. The first-order valence-electron chi connectivity index (χ1n) is 9.80. The Bertz CT molecular complexity index is 1410.